The molecule has 0 saturated heterocycles. The van der Waals surface area contributed by atoms with Crippen molar-refractivity contribution in [2.45, 2.75) is 90.9 Å². The average Bonchev–Trinajstić information content (AvgIpc) is 2.39. The summed E-state index contributed by atoms with van der Waals surface area (Å²) in [5.74, 6) is 1.90. The van der Waals surface area contributed by atoms with Gasteiger partial charge in [0.25, 0.3) is 0 Å². The monoisotopic (exact) mass is 492 g/mol. The Labute approximate surface area is 154 Å². The Morgan fingerprint density at radius 3 is 1.00 bits per heavy atom. The predicted molar refractivity (Wildman–Crippen MR) is 91.2 cm³/mol. The quantitative estimate of drug-likeness (QED) is 0.193. The molecule has 0 spiro atoms. The van der Waals surface area contributed by atoms with Gasteiger partial charge in [-0.2, -0.15) is 11.5 Å². The second-order valence-electron chi connectivity index (χ2n) is 4.94. The van der Waals surface area contributed by atoms with Crippen LogP contribution in [-0.2, 0) is 52.9 Å². The van der Waals surface area contributed by atoms with Crippen LogP contribution in [0.1, 0.15) is 90.9 Å². The first-order chi connectivity index (χ1) is 8.83. The summed E-state index contributed by atoms with van der Waals surface area (Å²) in [4.78, 5) is 0. The first-order valence-electron chi connectivity index (χ1n) is 7.99. The number of hydrogen-bond donors (Lipinski definition) is 0. The SMILES string of the molecule is CCCCCCCC[S-].CCCCCCCC[S-].[Hg+2]. The van der Waals surface area contributed by atoms with E-state index in [0.717, 1.165) is 11.5 Å². The summed E-state index contributed by atoms with van der Waals surface area (Å²) in [6, 6.07) is 0. The predicted octanol–water partition coefficient (Wildman–Crippen LogP) is 5.79. The molecule has 0 heterocycles. The molecular weight excluding hydrogens is 457 g/mol. The van der Waals surface area contributed by atoms with E-state index in [0.29, 0.717) is 0 Å². The summed E-state index contributed by atoms with van der Waals surface area (Å²) in [6.07, 6.45) is 16.3. The maximum Gasteiger partial charge on any atom is 2.00 e. The van der Waals surface area contributed by atoms with Crippen molar-refractivity contribution in [3.63, 3.8) is 0 Å². The van der Waals surface area contributed by atoms with Gasteiger partial charge in [-0.15, -0.1) is 0 Å². The van der Waals surface area contributed by atoms with Gasteiger partial charge in [-0.05, 0) is 0 Å². The van der Waals surface area contributed by atoms with Crippen LogP contribution in [0.4, 0.5) is 0 Å². The Bertz CT molecular complexity index is 95.3. The third-order valence-electron chi connectivity index (χ3n) is 3.00. The maximum absolute atomic E-state index is 4.83. The molecule has 0 nitrogen and oxygen atoms in total. The minimum Gasteiger partial charge on any atom is -0.793 e. The van der Waals surface area contributed by atoms with Gasteiger partial charge >= 0.3 is 27.7 Å². The van der Waals surface area contributed by atoms with Crippen LogP contribution >= 0.6 is 0 Å². The molecule has 0 rings (SSSR count). The Balaban J connectivity index is -0.000000256. The van der Waals surface area contributed by atoms with Gasteiger partial charge in [0.05, 0.1) is 0 Å². The van der Waals surface area contributed by atoms with Gasteiger partial charge in [0, 0.05) is 0 Å². The normalized spacial score (nSPS) is 9.47. The van der Waals surface area contributed by atoms with Gasteiger partial charge in [-0.3, -0.25) is 0 Å². The molecule has 0 aromatic rings. The van der Waals surface area contributed by atoms with Crippen LogP contribution in [0.2, 0.25) is 0 Å². The van der Waals surface area contributed by atoms with E-state index in [1.807, 2.05) is 0 Å². The topological polar surface area (TPSA) is 0 Å². The van der Waals surface area contributed by atoms with Crippen molar-refractivity contribution in [1.29, 1.82) is 0 Å². The van der Waals surface area contributed by atoms with E-state index in [9.17, 15) is 0 Å². The van der Waals surface area contributed by atoms with Gasteiger partial charge in [0.15, 0.2) is 0 Å². The summed E-state index contributed by atoms with van der Waals surface area (Å²) in [6.45, 7) is 4.49. The van der Waals surface area contributed by atoms with Crippen molar-refractivity contribution in [1.82, 2.24) is 0 Å². The second kappa shape index (κ2) is 27.9. The molecule has 0 aliphatic heterocycles. The molecule has 0 unspecified atom stereocenters. The van der Waals surface area contributed by atoms with Crippen molar-refractivity contribution >= 4 is 25.3 Å². The summed E-state index contributed by atoms with van der Waals surface area (Å²) >= 11 is 9.66. The van der Waals surface area contributed by atoms with Gasteiger partial charge < -0.3 is 25.3 Å². The smallest absolute Gasteiger partial charge is 0.793 e. The second-order valence-corrected chi connectivity index (χ2v) is 5.76. The van der Waals surface area contributed by atoms with Crippen LogP contribution in [0, 0.1) is 0 Å². The Morgan fingerprint density at radius 2 is 0.737 bits per heavy atom. The van der Waals surface area contributed by atoms with Crippen molar-refractivity contribution in [3.8, 4) is 0 Å². The summed E-state index contributed by atoms with van der Waals surface area (Å²) < 4.78 is 0. The van der Waals surface area contributed by atoms with Crippen LogP contribution in [-0.4, -0.2) is 11.5 Å². The Morgan fingerprint density at radius 1 is 0.474 bits per heavy atom. The first-order valence-corrected chi connectivity index (χ1v) is 9.15. The fourth-order valence-corrected chi connectivity index (χ4v) is 2.17. The van der Waals surface area contributed by atoms with Crippen LogP contribution < -0.4 is 0 Å². The van der Waals surface area contributed by atoms with Crippen molar-refractivity contribution in [3.05, 3.63) is 0 Å². The maximum atomic E-state index is 4.83. The Hall–Kier alpha value is 1.64. The molecule has 0 radical (unpaired) electrons. The van der Waals surface area contributed by atoms with Crippen molar-refractivity contribution in [2.24, 2.45) is 0 Å². The standard InChI is InChI=1S/2C8H18S.Hg/c2*1-2-3-4-5-6-7-8-9;/h2*9H,2-8H2,1H3;/q;;+2/p-2. The molecule has 0 atom stereocenters. The minimum absolute atomic E-state index is 0. The van der Waals surface area contributed by atoms with Gasteiger partial charge in [0.2, 0.25) is 0 Å². The van der Waals surface area contributed by atoms with E-state index in [-0.39, 0.29) is 27.7 Å². The van der Waals surface area contributed by atoms with Crippen LogP contribution in [0.15, 0.2) is 0 Å². The zero-order chi connectivity index (χ0) is 13.9. The average molecular weight is 491 g/mol. The molecule has 0 aliphatic carbocycles. The summed E-state index contributed by atoms with van der Waals surface area (Å²) in [5, 5.41) is 0. The van der Waals surface area contributed by atoms with E-state index in [2.05, 4.69) is 13.8 Å². The van der Waals surface area contributed by atoms with Crippen molar-refractivity contribution in [2.75, 3.05) is 11.5 Å². The van der Waals surface area contributed by atoms with Gasteiger partial charge in [-0.25, -0.2) is 0 Å². The van der Waals surface area contributed by atoms with Gasteiger partial charge in [-0.1, -0.05) is 90.9 Å². The van der Waals surface area contributed by atoms with E-state index in [1.165, 1.54) is 77.0 Å². The molecule has 0 aromatic heterocycles. The molecule has 112 valence electrons. The van der Waals surface area contributed by atoms with E-state index in [4.69, 9.17) is 25.3 Å². The van der Waals surface area contributed by atoms with Crippen molar-refractivity contribution < 1.29 is 27.7 Å². The molecule has 0 bridgehead atoms. The van der Waals surface area contributed by atoms with Crippen LogP contribution in [0.3, 0.4) is 0 Å². The number of rotatable bonds is 12. The molecule has 19 heavy (non-hydrogen) atoms. The third kappa shape index (κ3) is 32.8. The van der Waals surface area contributed by atoms with Crippen LogP contribution in [0.25, 0.3) is 0 Å². The number of unbranched alkanes of at least 4 members (excludes halogenated alkanes) is 10. The molecule has 0 fully saturated rings. The third-order valence-corrected chi connectivity index (χ3v) is 3.57. The molecule has 0 aliphatic rings. The zero-order valence-corrected chi connectivity index (χ0v) is 20.6. The molecule has 3 heteroatoms. The summed E-state index contributed by atoms with van der Waals surface area (Å²) in [5.41, 5.74) is 0. The summed E-state index contributed by atoms with van der Waals surface area (Å²) in [7, 11) is 0. The van der Waals surface area contributed by atoms with E-state index < -0.39 is 0 Å². The fourth-order valence-electron chi connectivity index (χ4n) is 1.76. The zero-order valence-electron chi connectivity index (χ0n) is 13.4. The molecule has 0 aromatic carbocycles. The first kappa shape index (κ1) is 25.6. The van der Waals surface area contributed by atoms with E-state index >= 15 is 0 Å². The molecule has 0 saturated carbocycles. The van der Waals surface area contributed by atoms with Gasteiger partial charge in [0.1, 0.15) is 0 Å². The Kier molecular flexibility index (Phi) is 37.6. The number of hydrogen-bond acceptors (Lipinski definition) is 2. The molecule has 0 amide bonds. The minimum atomic E-state index is 0. The molecular formula is C16H34HgS2. The largest absolute Gasteiger partial charge is 2.00 e. The fraction of sp³-hybridized carbons (Fsp3) is 1.00. The van der Waals surface area contributed by atoms with E-state index in [1.54, 1.807) is 0 Å². The van der Waals surface area contributed by atoms with Crippen LogP contribution in [0.5, 0.6) is 0 Å². The molecule has 0 N–H and O–H groups in total.